The van der Waals surface area contributed by atoms with E-state index < -0.39 is 24.1 Å². The Bertz CT molecular complexity index is 166. The zero-order chi connectivity index (χ0) is 9.02. The zero-order valence-corrected chi connectivity index (χ0v) is 6.40. The molecular formula is C6H11NO4. The van der Waals surface area contributed by atoms with Gasteiger partial charge in [0.25, 0.3) is 0 Å². The first-order valence-corrected chi connectivity index (χ1v) is 3.13. The van der Waals surface area contributed by atoms with Gasteiger partial charge in [0.05, 0.1) is 0 Å². The molecule has 0 saturated heterocycles. The number of aliphatic hydroxyl groups is 1. The predicted octanol–water partition coefficient (Wildman–Crippen LogP) is -0.580. The molecule has 0 radical (unpaired) electrons. The topological polar surface area (TPSA) is 89.6 Å². The number of ether oxygens (including phenoxy) is 1. The van der Waals surface area contributed by atoms with E-state index in [1.165, 1.54) is 13.8 Å². The van der Waals surface area contributed by atoms with Crippen LogP contribution >= 0.6 is 0 Å². The lowest BCUT2D eigenvalue weighted by atomic mass is 10.2. The molecule has 0 aromatic heterocycles. The second-order valence-electron chi connectivity index (χ2n) is 2.16. The van der Waals surface area contributed by atoms with Crippen molar-refractivity contribution in [2.24, 2.45) is 5.73 Å². The Kier molecular flexibility index (Phi) is 3.53. The van der Waals surface area contributed by atoms with E-state index >= 15 is 0 Å². The third-order valence-corrected chi connectivity index (χ3v) is 1.11. The van der Waals surface area contributed by atoms with Gasteiger partial charge in [0, 0.05) is 0 Å². The molecule has 0 aromatic rings. The molecule has 5 nitrogen and oxygen atoms in total. The van der Waals surface area contributed by atoms with Gasteiger partial charge in [0.15, 0.2) is 6.10 Å². The van der Waals surface area contributed by atoms with Gasteiger partial charge in [-0.2, -0.15) is 0 Å². The molecule has 3 N–H and O–H groups in total. The highest BCUT2D eigenvalue weighted by atomic mass is 16.6. The first kappa shape index (κ1) is 9.90. The maximum absolute atomic E-state index is 10.8. The molecule has 0 spiro atoms. The number of ketones is 1. The van der Waals surface area contributed by atoms with Crippen molar-refractivity contribution in [1.29, 1.82) is 0 Å². The predicted molar refractivity (Wildman–Crippen MR) is 36.8 cm³/mol. The molecule has 0 aliphatic heterocycles. The molecule has 2 unspecified atom stereocenters. The lowest BCUT2D eigenvalue weighted by molar-refractivity contribution is -0.133. The summed E-state index contributed by atoms with van der Waals surface area (Å²) in [6.45, 7) is 2.64. The Morgan fingerprint density at radius 2 is 1.91 bits per heavy atom. The Hall–Kier alpha value is -1.10. The third kappa shape index (κ3) is 3.57. The van der Waals surface area contributed by atoms with Crippen LogP contribution < -0.4 is 5.73 Å². The van der Waals surface area contributed by atoms with Gasteiger partial charge < -0.3 is 15.6 Å². The summed E-state index contributed by atoms with van der Waals surface area (Å²) in [7, 11) is 0. The molecule has 11 heavy (non-hydrogen) atoms. The van der Waals surface area contributed by atoms with Gasteiger partial charge in [0.1, 0.15) is 6.10 Å². The number of nitrogens with two attached hydrogens (primary N) is 1. The van der Waals surface area contributed by atoms with Crippen molar-refractivity contribution in [2.45, 2.75) is 26.1 Å². The summed E-state index contributed by atoms with van der Waals surface area (Å²) in [6, 6.07) is 0. The number of aliphatic hydroxyl groups excluding tert-OH is 1. The average Bonchev–Trinajstić information content (AvgIpc) is 1.84. The molecule has 5 heteroatoms. The zero-order valence-electron chi connectivity index (χ0n) is 6.40. The van der Waals surface area contributed by atoms with Gasteiger partial charge in [-0.05, 0) is 13.8 Å². The Morgan fingerprint density at radius 1 is 1.45 bits per heavy atom. The Balaban J connectivity index is 3.93. The molecule has 0 aliphatic carbocycles. The molecular weight excluding hydrogens is 150 g/mol. The molecule has 64 valence electrons. The summed E-state index contributed by atoms with van der Waals surface area (Å²) in [5.41, 5.74) is 4.64. The highest BCUT2D eigenvalue weighted by Crippen LogP contribution is 1.96. The van der Waals surface area contributed by atoms with Crippen LogP contribution in [0.2, 0.25) is 0 Å². The van der Waals surface area contributed by atoms with E-state index in [0.717, 1.165) is 0 Å². The number of carbonyl (C=O) groups is 2. The van der Waals surface area contributed by atoms with Crippen LogP contribution in [0.25, 0.3) is 0 Å². The number of hydrogen-bond acceptors (Lipinski definition) is 4. The molecule has 0 rings (SSSR count). The maximum atomic E-state index is 10.8. The normalized spacial score (nSPS) is 15.2. The first-order valence-electron chi connectivity index (χ1n) is 3.13. The van der Waals surface area contributed by atoms with Crippen LogP contribution in [-0.4, -0.2) is 29.2 Å². The maximum Gasteiger partial charge on any atom is 0.405 e. The van der Waals surface area contributed by atoms with E-state index in [0.29, 0.717) is 0 Å². The molecule has 2 atom stereocenters. The van der Waals surface area contributed by atoms with E-state index in [1.807, 2.05) is 0 Å². The molecule has 0 aliphatic rings. The second-order valence-corrected chi connectivity index (χ2v) is 2.16. The Labute approximate surface area is 64.1 Å². The van der Waals surface area contributed by atoms with Gasteiger partial charge in [-0.3, -0.25) is 4.79 Å². The minimum Gasteiger partial charge on any atom is -0.439 e. The van der Waals surface area contributed by atoms with Crippen LogP contribution in [0.1, 0.15) is 13.8 Å². The van der Waals surface area contributed by atoms with Crippen molar-refractivity contribution >= 4 is 11.9 Å². The van der Waals surface area contributed by atoms with Crippen LogP contribution in [0.15, 0.2) is 0 Å². The van der Waals surface area contributed by atoms with Crippen molar-refractivity contribution in [2.75, 3.05) is 0 Å². The average molecular weight is 161 g/mol. The van der Waals surface area contributed by atoms with Crippen LogP contribution in [0.4, 0.5) is 4.79 Å². The molecule has 0 fully saturated rings. The molecule has 0 bridgehead atoms. The number of rotatable bonds is 3. The van der Waals surface area contributed by atoms with Crippen molar-refractivity contribution < 1.29 is 19.4 Å². The largest absolute Gasteiger partial charge is 0.439 e. The standard InChI is InChI=1S/C6H11NO4/c1-3(8)5(9)4(2)11-6(7)10/h3-4,8H,1-2H3,(H2,7,10). The summed E-state index contributed by atoms with van der Waals surface area (Å²) in [5, 5.41) is 8.72. The van der Waals surface area contributed by atoms with Crippen LogP contribution in [-0.2, 0) is 9.53 Å². The van der Waals surface area contributed by atoms with Gasteiger partial charge in [-0.15, -0.1) is 0 Å². The summed E-state index contributed by atoms with van der Waals surface area (Å²) in [6.07, 6.45) is -3.14. The van der Waals surface area contributed by atoms with Crippen LogP contribution in [0.3, 0.4) is 0 Å². The lowest BCUT2D eigenvalue weighted by Gasteiger charge is -2.11. The number of amides is 1. The highest BCUT2D eigenvalue weighted by Gasteiger charge is 2.20. The number of hydrogen-bond donors (Lipinski definition) is 2. The van der Waals surface area contributed by atoms with E-state index in [-0.39, 0.29) is 0 Å². The summed E-state index contributed by atoms with van der Waals surface area (Å²) < 4.78 is 4.30. The fourth-order valence-electron chi connectivity index (χ4n) is 0.572. The monoisotopic (exact) mass is 161 g/mol. The molecule has 1 amide bonds. The smallest absolute Gasteiger partial charge is 0.405 e. The fourth-order valence-corrected chi connectivity index (χ4v) is 0.572. The quantitative estimate of drug-likeness (QED) is 0.579. The van der Waals surface area contributed by atoms with Crippen molar-refractivity contribution in [3.63, 3.8) is 0 Å². The van der Waals surface area contributed by atoms with Crippen LogP contribution in [0, 0.1) is 0 Å². The lowest BCUT2D eigenvalue weighted by Crippen LogP contribution is -2.33. The number of Topliss-reactive ketones (excluding diaryl/α,β-unsaturated/α-hetero) is 1. The van der Waals surface area contributed by atoms with Gasteiger partial charge in [-0.25, -0.2) is 4.79 Å². The van der Waals surface area contributed by atoms with Crippen molar-refractivity contribution in [3.8, 4) is 0 Å². The SMILES string of the molecule is CC(O)C(=O)C(C)OC(N)=O. The van der Waals surface area contributed by atoms with E-state index in [2.05, 4.69) is 10.5 Å². The third-order valence-electron chi connectivity index (χ3n) is 1.11. The van der Waals surface area contributed by atoms with E-state index in [4.69, 9.17) is 5.11 Å². The molecule has 0 heterocycles. The van der Waals surface area contributed by atoms with Gasteiger partial charge >= 0.3 is 6.09 Å². The second kappa shape index (κ2) is 3.92. The van der Waals surface area contributed by atoms with Crippen LogP contribution in [0.5, 0.6) is 0 Å². The minimum absolute atomic E-state index is 0.566. The summed E-state index contributed by atoms with van der Waals surface area (Å²) in [5.74, 6) is -0.566. The van der Waals surface area contributed by atoms with Crippen molar-refractivity contribution in [1.82, 2.24) is 0 Å². The number of carbonyl (C=O) groups excluding carboxylic acids is 2. The minimum atomic E-state index is -1.13. The van der Waals surface area contributed by atoms with E-state index in [1.54, 1.807) is 0 Å². The van der Waals surface area contributed by atoms with E-state index in [9.17, 15) is 9.59 Å². The first-order chi connectivity index (χ1) is 4.95. The highest BCUT2D eigenvalue weighted by molar-refractivity contribution is 5.88. The Morgan fingerprint density at radius 3 is 2.18 bits per heavy atom. The molecule has 0 aromatic carbocycles. The van der Waals surface area contributed by atoms with Gasteiger partial charge in [-0.1, -0.05) is 0 Å². The summed E-state index contributed by atoms with van der Waals surface area (Å²) in [4.78, 5) is 20.9. The van der Waals surface area contributed by atoms with Gasteiger partial charge in [0.2, 0.25) is 5.78 Å². The fraction of sp³-hybridized carbons (Fsp3) is 0.667. The number of primary amides is 1. The summed E-state index contributed by atoms with van der Waals surface area (Å²) >= 11 is 0. The van der Waals surface area contributed by atoms with Crippen molar-refractivity contribution in [3.05, 3.63) is 0 Å². The molecule has 0 saturated carbocycles.